The number of aryl methyl sites for hydroxylation is 1. The summed E-state index contributed by atoms with van der Waals surface area (Å²) in [6, 6.07) is 13.4. The predicted molar refractivity (Wildman–Crippen MR) is 114 cm³/mol. The number of piperidine rings is 1. The summed E-state index contributed by atoms with van der Waals surface area (Å²) in [5, 5.41) is 7.13. The van der Waals surface area contributed by atoms with Gasteiger partial charge < -0.3 is 19.3 Å². The van der Waals surface area contributed by atoms with Crippen molar-refractivity contribution in [3.05, 3.63) is 53.9 Å². The molecule has 0 spiro atoms. The van der Waals surface area contributed by atoms with E-state index < -0.39 is 0 Å². The summed E-state index contributed by atoms with van der Waals surface area (Å²) in [6.07, 6.45) is 1.57. The summed E-state index contributed by atoms with van der Waals surface area (Å²) in [7, 11) is 0. The number of carbonyl (C=O) groups is 1. The van der Waals surface area contributed by atoms with Gasteiger partial charge >= 0.3 is 0 Å². The fraction of sp³-hybridized carbons (Fsp3) is 0.348. The molecule has 1 amide bonds. The van der Waals surface area contributed by atoms with E-state index in [0.717, 1.165) is 42.7 Å². The molecule has 2 aliphatic heterocycles. The maximum atomic E-state index is 12.7. The highest BCUT2D eigenvalue weighted by molar-refractivity contribution is 5.93. The first-order chi connectivity index (χ1) is 15.2. The molecule has 0 radical (unpaired) electrons. The Hall–Kier alpha value is -3.39. The van der Waals surface area contributed by atoms with Crippen molar-refractivity contribution in [1.29, 1.82) is 0 Å². The van der Waals surface area contributed by atoms with E-state index in [0.29, 0.717) is 29.8 Å². The van der Waals surface area contributed by atoms with Crippen molar-refractivity contribution < 1.29 is 18.8 Å². The van der Waals surface area contributed by atoms with E-state index in [1.807, 2.05) is 43.3 Å². The molecule has 8 nitrogen and oxygen atoms in total. The van der Waals surface area contributed by atoms with Gasteiger partial charge in [0.2, 0.25) is 24.4 Å². The molecule has 3 heterocycles. The number of nitrogens with zero attached hydrogens (tertiary/aromatic N) is 3. The van der Waals surface area contributed by atoms with E-state index in [9.17, 15) is 4.79 Å². The molecule has 0 unspecified atom stereocenters. The highest BCUT2D eigenvalue weighted by Crippen LogP contribution is 2.34. The third-order valence-electron chi connectivity index (χ3n) is 5.81. The average Bonchev–Trinajstić information content (AvgIpc) is 3.44. The summed E-state index contributed by atoms with van der Waals surface area (Å²) in [5.74, 6) is 2.60. The molecule has 1 fully saturated rings. The summed E-state index contributed by atoms with van der Waals surface area (Å²) in [5.41, 5.74) is 2.83. The summed E-state index contributed by atoms with van der Waals surface area (Å²) < 4.78 is 16.1. The Kier molecular flexibility index (Phi) is 5.30. The van der Waals surface area contributed by atoms with Crippen LogP contribution in [0.15, 0.2) is 47.0 Å². The number of hydrogen-bond acceptors (Lipinski definition) is 7. The lowest BCUT2D eigenvalue weighted by Gasteiger charge is -2.30. The second-order valence-electron chi connectivity index (χ2n) is 7.93. The van der Waals surface area contributed by atoms with Gasteiger partial charge in [-0.3, -0.25) is 9.69 Å². The fourth-order valence-corrected chi connectivity index (χ4v) is 4.02. The number of amides is 1. The monoisotopic (exact) mass is 420 g/mol. The van der Waals surface area contributed by atoms with Crippen LogP contribution in [0.2, 0.25) is 0 Å². The Bertz CT molecular complexity index is 1090. The van der Waals surface area contributed by atoms with Crippen molar-refractivity contribution in [2.75, 3.05) is 25.2 Å². The van der Waals surface area contributed by atoms with Crippen LogP contribution in [-0.2, 0) is 11.3 Å². The SMILES string of the molecule is Cc1ccccc1-c1noc(CN2CCC(C(=O)Nc3ccc4c(c3)OCO4)CC2)n1. The molecule has 0 saturated carbocycles. The van der Waals surface area contributed by atoms with Gasteiger partial charge in [-0.05, 0) is 50.6 Å². The van der Waals surface area contributed by atoms with E-state index in [2.05, 4.69) is 20.4 Å². The predicted octanol–water partition coefficient (Wildman–Crippen LogP) is 3.62. The number of likely N-dealkylation sites (tertiary alicyclic amines) is 1. The fourth-order valence-electron chi connectivity index (χ4n) is 4.02. The van der Waals surface area contributed by atoms with E-state index in [-0.39, 0.29) is 18.6 Å². The lowest BCUT2D eigenvalue weighted by Crippen LogP contribution is -2.37. The summed E-state index contributed by atoms with van der Waals surface area (Å²) in [6.45, 7) is 4.46. The van der Waals surface area contributed by atoms with Crippen molar-refractivity contribution in [3.63, 3.8) is 0 Å². The number of benzene rings is 2. The normalized spacial score (nSPS) is 16.4. The smallest absolute Gasteiger partial charge is 0.241 e. The van der Waals surface area contributed by atoms with Crippen LogP contribution < -0.4 is 14.8 Å². The van der Waals surface area contributed by atoms with Crippen LogP contribution >= 0.6 is 0 Å². The second kappa shape index (κ2) is 8.39. The first-order valence-corrected chi connectivity index (χ1v) is 10.5. The Morgan fingerprint density at radius 3 is 2.77 bits per heavy atom. The molecule has 0 atom stereocenters. The highest BCUT2D eigenvalue weighted by atomic mass is 16.7. The summed E-state index contributed by atoms with van der Waals surface area (Å²) >= 11 is 0. The average molecular weight is 420 g/mol. The van der Waals surface area contributed by atoms with Crippen molar-refractivity contribution in [2.45, 2.75) is 26.3 Å². The van der Waals surface area contributed by atoms with Gasteiger partial charge in [-0.25, -0.2) is 0 Å². The van der Waals surface area contributed by atoms with Gasteiger partial charge in [0.1, 0.15) is 0 Å². The molecule has 1 N–H and O–H groups in total. The largest absolute Gasteiger partial charge is 0.454 e. The van der Waals surface area contributed by atoms with Gasteiger partial charge in [0, 0.05) is 23.2 Å². The van der Waals surface area contributed by atoms with Crippen LogP contribution in [0, 0.1) is 12.8 Å². The Morgan fingerprint density at radius 1 is 1.13 bits per heavy atom. The van der Waals surface area contributed by atoms with Crippen LogP contribution in [-0.4, -0.2) is 40.8 Å². The van der Waals surface area contributed by atoms with E-state index >= 15 is 0 Å². The molecular formula is C23H24N4O4. The molecule has 5 rings (SSSR count). The number of anilines is 1. The van der Waals surface area contributed by atoms with Gasteiger partial charge in [-0.1, -0.05) is 29.4 Å². The van der Waals surface area contributed by atoms with Crippen molar-refractivity contribution in [3.8, 4) is 22.9 Å². The van der Waals surface area contributed by atoms with Crippen LogP contribution in [0.1, 0.15) is 24.3 Å². The van der Waals surface area contributed by atoms with Gasteiger partial charge in [0.05, 0.1) is 6.54 Å². The summed E-state index contributed by atoms with van der Waals surface area (Å²) in [4.78, 5) is 19.5. The third kappa shape index (κ3) is 4.25. The van der Waals surface area contributed by atoms with Crippen molar-refractivity contribution in [2.24, 2.45) is 5.92 Å². The first-order valence-electron chi connectivity index (χ1n) is 10.5. The molecular weight excluding hydrogens is 396 g/mol. The van der Waals surface area contributed by atoms with Crippen molar-refractivity contribution in [1.82, 2.24) is 15.0 Å². The van der Waals surface area contributed by atoms with Crippen LogP contribution in [0.5, 0.6) is 11.5 Å². The minimum absolute atomic E-state index is 0.0214. The molecule has 3 aromatic rings. The number of nitrogens with one attached hydrogen (secondary N) is 1. The molecule has 1 aromatic heterocycles. The Balaban J connectivity index is 1.14. The van der Waals surface area contributed by atoms with Crippen LogP contribution in [0.4, 0.5) is 5.69 Å². The second-order valence-corrected chi connectivity index (χ2v) is 7.93. The zero-order valence-electron chi connectivity index (χ0n) is 17.3. The molecule has 2 aromatic carbocycles. The van der Waals surface area contributed by atoms with Gasteiger partial charge in [0.15, 0.2) is 11.5 Å². The zero-order valence-corrected chi connectivity index (χ0v) is 17.3. The molecule has 160 valence electrons. The molecule has 1 saturated heterocycles. The van der Waals surface area contributed by atoms with Gasteiger partial charge in [-0.2, -0.15) is 4.98 Å². The number of rotatable bonds is 5. The molecule has 0 bridgehead atoms. The number of fused-ring (bicyclic) bond motifs is 1. The standard InChI is InChI=1S/C23H24N4O4/c1-15-4-2-3-5-18(15)22-25-21(31-26-22)13-27-10-8-16(9-11-27)23(28)24-17-6-7-19-20(12-17)30-14-29-19/h2-7,12,16H,8-11,13-14H2,1H3,(H,24,28). The minimum Gasteiger partial charge on any atom is -0.454 e. The molecule has 31 heavy (non-hydrogen) atoms. The quantitative estimate of drug-likeness (QED) is 0.674. The van der Waals surface area contributed by atoms with Crippen LogP contribution in [0.25, 0.3) is 11.4 Å². The molecule has 8 heteroatoms. The zero-order chi connectivity index (χ0) is 21.2. The van der Waals surface area contributed by atoms with Gasteiger partial charge in [-0.15, -0.1) is 0 Å². The lowest BCUT2D eigenvalue weighted by molar-refractivity contribution is -0.121. The topological polar surface area (TPSA) is 89.7 Å². The lowest BCUT2D eigenvalue weighted by atomic mass is 9.96. The van der Waals surface area contributed by atoms with E-state index in [1.165, 1.54) is 0 Å². The van der Waals surface area contributed by atoms with Gasteiger partial charge in [0.25, 0.3) is 0 Å². The molecule has 2 aliphatic rings. The maximum Gasteiger partial charge on any atom is 0.241 e. The van der Waals surface area contributed by atoms with E-state index in [1.54, 1.807) is 6.07 Å². The number of aromatic nitrogens is 2. The number of hydrogen-bond donors (Lipinski definition) is 1. The van der Waals surface area contributed by atoms with Crippen LogP contribution in [0.3, 0.4) is 0 Å². The first kappa shape index (κ1) is 19.6. The third-order valence-corrected chi connectivity index (χ3v) is 5.81. The molecule has 0 aliphatic carbocycles. The maximum absolute atomic E-state index is 12.7. The Labute approximate surface area is 180 Å². The van der Waals surface area contributed by atoms with E-state index in [4.69, 9.17) is 14.0 Å². The highest BCUT2D eigenvalue weighted by Gasteiger charge is 2.26. The minimum atomic E-state index is -0.0214. The van der Waals surface area contributed by atoms with Crippen molar-refractivity contribution >= 4 is 11.6 Å². The number of ether oxygens (including phenoxy) is 2. The number of carbonyl (C=O) groups excluding carboxylic acids is 1. The Morgan fingerprint density at radius 2 is 1.94 bits per heavy atom.